The van der Waals surface area contributed by atoms with Gasteiger partial charge in [0.1, 0.15) is 0 Å². The van der Waals surface area contributed by atoms with E-state index in [0.29, 0.717) is 19.6 Å². The van der Waals surface area contributed by atoms with Crippen LogP contribution in [0.3, 0.4) is 0 Å². The van der Waals surface area contributed by atoms with Crippen molar-refractivity contribution in [3.8, 4) is 0 Å². The Morgan fingerprint density at radius 3 is 2.65 bits per heavy atom. The van der Waals surface area contributed by atoms with Crippen LogP contribution >= 0.6 is 15.9 Å². The van der Waals surface area contributed by atoms with Crippen LogP contribution in [-0.4, -0.2) is 24.3 Å². The predicted octanol–water partition coefficient (Wildman–Crippen LogP) is 2.97. The minimum absolute atomic E-state index is 0.00947. The topological polar surface area (TPSA) is 46.5 Å². The van der Waals surface area contributed by atoms with Gasteiger partial charge in [0.25, 0.3) is 0 Å². The highest BCUT2D eigenvalue weighted by Crippen LogP contribution is 2.40. The van der Waals surface area contributed by atoms with Crippen LogP contribution in [0.4, 0.5) is 0 Å². The number of aliphatic carboxylic acids is 1. The molecule has 1 fully saturated rings. The van der Waals surface area contributed by atoms with Crippen molar-refractivity contribution in [2.45, 2.75) is 24.7 Å². The molecule has 1 aromatic rings. The lowest BCUT2D eigenvalue weighted by molar-refractivity contribution is -0.137. The third kappa shape index (κ3) is 2.69. The molecule has 2 rings (SSSR count). The van der Waals surface area contributed by atoms with Gasteiger partial charge in [-0.05, 0) is 24.5 Å². The summed E-state index contributed by atoms with van der Waals surface area (Å²) in [5.74, 6) is -0.729. The van der Waals surface area contributed by atoms with Crippen molar-refractivity contribution in [1.29, 1.82) is 0 Å². The molecule has 1 aliphatic heterocycles. The van der Waals surface area contributed by atoms with Crippen LogP contribution in [0.1, 0.15) is 24.8 Å². The van der Waals surface area contributed by atoms with Crippen LogP contribution in [0.15, 0.2) is 28.7 Å². The molecule has 1 saturated heterocycles. The number of carbonyl (C=O) groups is 1. The fraction of sp³-hybridized carbons (Fsp3) is 0.462. The van der Waals surface area contributed by atoms with E-state index in [1.807, 2.05) is 18.2 Å². The summed E-state index contributed by atoms with van der Waals surface area (Å²) in [6.45, 7) is 1.38. The molecular weight excluding hydrogens is 284 g/mol. The molecule has 3 nitrogen and oxygen atoms in total. The summed E-state index contributed by atoms with van der Waals surface area (Å²) in [5, 5.41) is 8.69. The normalized spacial score (nSPS) is 17.5. The SMILES string of the molecule is O=C(O)CCCC1(c2ccccc2Br)COC1. The van der Waals surface area contributed by atoms with Crippen molar-refractivity contribution in [2.75, 3.05) is 13.2 Å². The zero-order valence-corrected chi connectivity index (χ0v) is 11.1. The first kappa shape index (κ1) is 12.6. The number of carboxylic acids is 1. The Balaban J connectivity index is 2.09. The van der Waals surface area contributed by atoms with E-state index in [2.05, 4.69) is 22.0 Å². The molecule has 0 radical (unpaired) electrons. The van der Waals surface area contributed by atoms with Crippen LogP contribution in [0.2, 0.25) is 0 Å². The van der Waals surface area contributed by atoms with Crippen molar-refractivity contribution in [2.24, 2.45) is 0 Å². The van der Waals surface area contributed by atoms with Gasteiger partial charge in [-0.2, -0.15) is 0 Å². The largest absolute Gasteiger partial charge is 0.481 e. The molecule has 0 saturated carbocycles. The van der Waals surface area contributed by atoms with Gasteiger partial charge in [0.15, 0.2) is 0 Å². The van der Waals surface area contributed by atoms with Gasteiger partial charge in [-0.1, -0.05) is 34.1 Å². The maximum Gasteiger partial charge on any atom is 0.303 e. The zero-order valence-electron chi connectivity index (χ0n) is 9.49. The molecular formula is C13H15BrO3. The summed E-state index contributed by atoms with van der Waals surface area (Å²) in [5.41, 5.74) is 1.24. The van der Waals surface area contributed by atoms with Gasteiger partial charge >= 0.3 is 5.97 Å². The number of carboxylic acid groups (broad SMARTS) is 1. The molecule has 92 valence electrons. The first-order valence-electron chi connectivity index (χ1n) is 5.69. The lowest BCUT2D eigenvalue weighted by Gasteiger charge is -2.42. The van der Waals surface area contributed by atoms with Gasteiger partial charge in [0.2, 0.25) is 0 Å². The third-order valence-corrected chi connectivity index (χ3v) is 3.94. The van der Waals surface area contributed by atoms with Gasteiger partial charge in [0.05, 0.1) is 13.2 Å². The van der Waals surface area contributed by atoms with Crippen LogP contribution in [0, 0.1) is 0 Å². The average Bonchev–Trinajstić information content (AvgIpc) is 2.23. The molecule has 0 atom stereocenters. The first-order chi connectivity index (χ1) is 8.14. The minimum atomic E-state index is -0.729. The van der Waals surface area contributed by atoms with Crippen molar-refractivity contribution >= 4 is 21.9 Å². The van der Waals surface area contributed by atoms with E-state index in [-0.39, 0.29) is 11.8 Å². The monoisotopic (exact) mass is 298 g/mol. The number of benzene rings is 1. The van der Waals surface area contributed by atoms with E-state index in [1.54, 1.807) is 0 Å². The van der Waals surface area contributed by atoms with Crippen LogP contribution in [0.25, 0.3) is 0 Å². The lowest BCUT2D eigenvalue weighted by atomic mass is 9.75. The van der Waals surface area contributed by atoms with Gasteiger partial charge < -0.3 is 9.84 Å². The number of ether oxygens (including phenoxy) is 1. The number of hydrogen-bond donors (Lipinski definition) is 1. The van der Waals surface area contributed by atoms with Gasteiger partial charge in [-0.3, -0.25) is 4.79 Å². The van der Waals surface area contributed by atoms with Crippen molar-refractivity contribution < 1.29 is 14.6 Å². The van der Waals surface area contributed by atoms with E-state index in [0.717, 1.165) is 10.9 Å². The van der Waals surface area contributed by atoms with Crippen molar-refractivity contribution in [1.82, 2.24) is 0 Å². The Hall–Kier alpha value is -0.870. The molecule has 0 spiro atoms. The number of hydrogen-bond acceptors (Lipinski definition) is 2. The zero-order chi connectivity index (χ0) is 12.3. The number of rotatable bonds is 5. The highest BCUT2D eigenvalue weighted by molar-refractivity contribution is 9.10. The molecule has 1 N–H and O–H groups in total. The third-order valence-electron chi connectivity index (χ3n) is 3.25. The molecule has 1 aliphatic rings. The average molecular weight is 299 g/mol. The summed E-state index contributed by atoms with van der Waals surface area (Å²) in [6.07, 6.45) is 1.79. The van der Waals surface area contributed by atoms with E-state index in [1.165, 1.54) is 5.56 Å². The van der Waals surface area contributed by atoms with E-state index < -0.39 is 5.97 Å². The maximum absolute atomic E-state index is 10.6. The second kappa shape index (κ2) is 5.19. The molecule has 0 unspecified atom stereocenters. The smallest absolute Gasteiger partial charge is 0.303 e. The molecule has 0 aliphatic carbocycles. The summed E-state index contributed by atoms with van der Waals surface area (Å²) in [7, 11) is 0. The number of halogens is 1. The molecule has 1 aromatic carbocycles. The minimum Gasteiger partial charge on any atom is -0.481 e. The summed E-state index contributed by atoms with van der Waals surface area (Å²) < 4.78 is 6.42. The summed E-state index contributed by atoms with van der Waals surface area (Å²) in [4.78, 5) is 10.6. The highest BCUT2D eigenvalue weighted by atomic mass is 79.9. The standard InChI is InChI=1S/C13H15BrO3/c14-11-5-2-1-4-10(11)13(8-17-9-13)7-3-6-12(15)16/h1-2,4-5H,3,6-9H2,(H,15,16). The highest BCUT2D eigenvalue weighted by Gasteiger charge is 2.40. The predicted molar refractivity (Wildman–Crippen MR) is 68.1 cm³/mol. The first-order valence-corrected chi connectivity index (χ1v) is 6.48. The lowest BCUT2D eigenvalue weighted by Crippen LogP contribution is -2.47. The van der Waals surface area contributed by atoms with E-state index in [9.17, 15) is 4.79 Å². The fourth-order valence-corrected chi connectivity index (χ4v) is 2.96. The Bertz CT molecular complexity index is 413. The van der Waals surface area contributed by atoms with Gasteiger partial charge in [0, 0.05) is 16.3 Å². The maximum atomic E-state index is 10.6. The fourth-order valence-electron chi connectivity index (χ4n) is 2.25. The Morgan fingerprint density at radius 2 is 2.12 bits per heavy atom. The molecule has 0 amide bonds. The van der Waals surface area contributed by atoms with Crippen LogP contribution < -0.4 is 0 Å². The Morgan fingerprint density at radius 1 is 1.41 bits per heavy atom. The summed E-state index contributed by atoms with van der Waals surface area (Å²) >= 11 is 3.56. The molecule has 17 heavy (non-hydrogen) atoms. The van der Waals surface area contributed by atoms with Crippen LogP contribution in [0.5, 0.6) is 0 Å². The quantitative estimate of drug-likeness (QED) is 0.909. The second-order valence-corrected chi connectivity index (χ2v) is 5.35. The molecule has 0 bridgehead atoms. The second-order valence-electron chi connectivity index (χ2n) is 4.50. The Labute approximate surface area is 109 Å². The summed E-state index contributed by atoms with van der Waals surface area (Å²) in [6, 6.07) is 8.11. The van der Waals surface area contributed by atoms with Gasteiger partial charge in [-0.25, -0.2) is 0 Å². The van der Waals surface area contributed by atoms with Crippen molar-refractivity contribution in [3.63, 3.8) is 0 Å². The molecule has 4 heteroatoms. The van der Waals surface area contributed by atoms with Crippen molar-refractivity contribution in [3.05, 3.63) is 34.3 Å². The molecule has 1 heterocycles. The Kier molecular flexibility index (Phi) is 3.84. The van der Waals surface area contributed by atoms with E-state index >= 15 is 0 Å². The van der Waals surface area contributed by atoms with E-state index in [4.69, 9.17) is 9.84 Å². The van der Waals surface area contributed by atoms with Crippen LogP contribution in [-0.2, 0) is 14.9 Å². The molecule has 0 aromatic heterocycles. The van der Waals surface area contributed by atoms with Gasteiger partial charge in [-0.15, -0.1) is 0 Å².